The fourth-order valence-corrected chi connectivity index (χ4v) is 2.82. The summed E-state index contributed by atoms with van der Waals surface area (Å²) in [6.07, 6.45) is 6.83. The molecule has 1 fully saturated rings. The Balaban J connectivity index is 2.12. The van der Waals surface area contributed by atoms with Crippen molar-refractivity contribution in [3.8, 4) is 0 Å². The molecule has 0 aliphatic heterocycles. The molecule has 1 aliphatic rings. The minimum Gasteiger partial charge on any atom is -0.319 e. The van der Waals surface area contributed by atoms with Gasteiger partial charge >= 0.3 is 0 Å². The summed E-state index contributed by atoms with van der Waals surface area (Å²) in [5.41, 5.74) is 2.15. The maximum atomic E-state index is 12.6. The molecule has 1 aliphatic carbocycles. The minimum absolute atomic E-state index is 0.273. The van der Waals surface area contributed by atoms with E-state index in [1.807, 2.05) is 25.2 Å². The van der Waals surface area contributed by atoms with Crippen LogP contribution in [0.2, 0.25) is 0 Å². The predicted octanol–water partition coefficient (Wildman–Crippen LogP) is 3.21. The fourth-order valence-electron chi connectivity index (χ4n) is 2.82. The molecule has 0 saturated heterocycles. The zero-order valence-corrected chi connectivity index (χ0v) is 11.2. The quantitative estimate of drug-likeness (QED) is 0.807. The molecule has 0 unspecified atom stereocenters. The molecule has 0 spiro atoms. The van der Waals surface area contributed by atoms with Crippen LogP contribution in [0, 0.1) is 5.92 Å². The number of carbonyl (C=O) groups excluding carboxylic acids is 1. The summed E-state index contributed by atoms with van der Waals surface area (Å²) in [6, 6.07) is 8.11. The summed E-state index contributed by atoms with van der Waals surface area (Å²) < 4.78 is 0. The third-order valence-corrected chi connectivity index (χ3v) is 3.90. The summed E-state index contributed by atoms with van der Waals surface area (Å²) in [7, 11) is 1.95. The van der Waals surface area contributed by atoms with Crippen molar-refractivity contribution in [3.05, 3.63) is 35.4 Å². The number of nitrogens with one attached hydrogen (secondary N) is 1. The van der Waals surface area contributed by atoms with Crippen molar-refractivity contribution in [2.75, 3.05) is 13.6 Å². The Bertz CT molecular complexity index is 394. The lowest BCUT2D eigenvalue weighted by Gasteiger charge is -2.21. The first-order valence-corrected chi connectivity index (χ1v) is 7.09. The fraction of sp³-hybridized carbons (Fsp3) is 0.562. The molecule has 2 nitrogen and oxygen atoms in total. The van der Waals surface area contributed by atoms with Crippen LogP contribution in [0.3, 0.4) is 0 Å². The van der Waals surface area contributed by atoms with Gasteiger partial charge in [0.2, 0.25) is 0 Å². The zero-order valence-electron chi connectivity index (χ0n) is 11.2. The molecule has 0 radical (unpaired) electrons. The SMILES string of the molecule is CNCCc1ccccc1C(=O)C1CCCCC1. The molecule has 2 heteroatoms. The van der Waals surface area contributed by atoms with Crippen LogP contribution >= 0.6 is 0 Å². The Labute approximate surface area is 110 Å². The number of carbonyl (C=O) groups is 1. The normalized spacial score (nSPS) is 16.7. The molecule has 1 aromatic rings. The van der Waals surface area contributed by atoms with E-state index < -0.39 is 0 Å². The van der Waals surface area contributed by atoms with Crippen molar-refractivity contribution < 1.29 is 4.79 Å². The molecule has 0 heterocycles. The van der Waals surface area contributed by atoms with Crippen LogP contribution in [0.15, 0.2) is 24.3 Å². The summed E-state index contributed by atoms with van der Waals surface area (Å²) in [5, 5.41) is 3.15. The Morgan fingerprint density at radius 3 is 2.67 bits per heavy atom. The molecule has 18 heavy (non-hydrogen) atoms. The van der Waals surface area contributed by atoms with E-state index in [1.165, 1.54) is 24.8 Å². The van der Waals surface area contributed by atoms with Crippen LogP contribution in [0.25, 0.3) is 0 Å². The van der Waals surface area contributed by atoms with Crippen LogP contribution in [0.4, 0.5) is 0 Å². The van der Waals surface area contributed by atoms with Gasteiger partial charge in [-0.3, -0.25) is 4.79 Å². The lowest BCUT2D eigenvalue weighted by atomic mass is 9.82. The number of rotatable bonds is 5. The summed E-state index contributed by atoms with van der Waals surface area (Å²) in [5.74, 6) is 0.649. The largest absolute Gasteiger partial charge is 0.319 e. The topological polar surface area (TPSA) is 29.1 Å². The van der Waals surface area contributed by atoms with E-state index in [0.29, 0.717) is 5.78 Å². The first-order valence-electron chi connectivity index (χ1n) is 7.09. The van der Waals surface area contributed by atoms with Crippen LogP contribution in [0.1, 0.15) is 48.0 Å². The van der Waals surface area contributed by atoms with Crippen molar-refractivity contribution >= 4 is 5.78 Å². The first-order chi connectivity index (χ1) is 8.83. The third-order valence-electron chi connectivity index (χ3n) is 3.90. The van der Waals surface area contributed by atoms with Crippen molar-refractivity contribution in [1.82, 2.24) is 5.32 Å². The van der Waals surface area contributed by atoms with Crippen molar-refractivity contribution in [2.45, 2.75) is 38.5 Å². The molecular formula is C16H23NO. The molecule has 1 saturated carbocycles. The molecule has 0 amide bonds. The number of hydrogen-bond acceptors (Lipinski definition) is 2. The maximum absolute atomic E-state index is 12.6. The van der Waals surface area contributed by atoms with Gasteiger partial charge in [-0.1, -0.05) is 43.5 Å². The van der Waals surface area contributed by atoms with Crippen LogP contribution in [0.5, 0.6) is 0 Å². The van der Waals surface area contributed by atoms with Gasteiger partial charge in [0.05, 0.1) is 0 Å². The highest BCUT2D eigenvalue weighted by atomic mass is 16.1. The van der Waals surface area contributed by atoms with E-state index >= 15 is 0 Å². The Kier molecular flexibility index (Phi) is 4.94. The Morgan fingerprint density at radius 1 is 1.22 bits per heavy atom. The van der Waals surface area contributed by atoms with Crippen molar-refractivity contribution in [3.63, 3.8) is 0 Å². The molecule has 0 bridgehead atoms. The molecule has 98 valence electrons. The van der Waals surface area contributed by atoms with E-state index in [2.05, 4.69) is 11.4 Å². The number of benzene rings is 1. The lowest BCUT2D eigenvalue weighted by Crippen LogP contribution is -2.20. The van der Waals surface area contributed by atoms with Gasteiger partial charge < -0.3 is 5.32 Å². The van der Waals surface area contributed by atoms with E-state index in [-0.39, 0.29) is 5.92 Å². The second kappa shape index (κ2) is 6.69. The van der Waals surface area contributed by atoms with Gasteiger partial charge in [0.25, 0.3) is 0 Å². The average molecular weight is 245 g/mol. The highest BCUT2D eigenvalue weighted by Gasteiger charge is 2.23. The number of hydrogen-bond donors (Lipinski definition) is 1. The van der Waals surface area contributed by atoms with Crippen molar-refractivity contribution in [1.29, 1.82) is 0 Å². The molecular weight excluding hydrogens is 222 g/mol. The maximum Gasteiger partial charge on any atom is 0.166 e. The number of ketones is 1. The first kappa shape index (κ1) is 13.3. The van der Waals surface area contributed by atoms with E-state index in [1.54, 1.807) is 0 Å². The highest BCUT2D eigenvalue weighted by molar-refractivity contribution is 5.99. The van der Waals surface area contributed by atoms with E-state index in [0.717, 1.165) is 31.4 Å². The average Bonchev–Trinajstić information content (AvgIpc) is 2.45. The molecule has 2 rings (SSSR count). The zero-order chi connectivity index (χ0) is 12.8. The standard InChI is InChI=1S/C16H23NO/c1-17-12-11-13-7-5-6-10-15(13)16(18)14-8-3-2-4-9-14/h5-7,10,14,17H,2-4,8-9,11-12H2,1H3. The van der Waals surface area contributed by atoms with Crippen LogP contribution in [-0.4, -0.2) is 19.4 Å². The number of Topliss-reactive ketones (excluding diaryl/α,β-unsaturated/α-hetero) is 1. The van der Waals surface area contributed by atoms with Crippen LogP contribution < -0.4 is 5.32 Å². The summed E-state index contributed by atoms with van der Waals surface area (Å²) in [6.45, 7) is 0.926. The highest BCUT2D eigenvalue weighted by Crippen LogP contribution is 2.28. The van der Waals surface area contributed by atoms with Gasteiger partial charge in [-0.2, -0.15) is 0 Å². The summed E-state index contributed by atoms with van der Waals surface area (Å²) >= 11 is 0. The molecule has 0 atom stereocenters. The second-order valence-corrected chi connectivity index (χ2v) is 5.21. The minimum atomic E-state index is 0.273. The molecule has 0 aromatic heterocycles. The van der Waals surface area contributed by atoms with Gasteiger partial charge in [-0.05, 0) is 38.4 Å². The van der Waals surface area contributed by atoms with E-state index in [9.17, 15) is 4.79 Å². The van der Waals surface area contributed by atoms with Gasteiger partial charge in [0.15, 0.2) is 5.78 Å². The molecule has 1 N–H and O–H groups in total. The van der Waals surface area contributed by atoms with Crippen molar-refractivity contribution in [2.24, 2.45) is 5.92 Å². The smallest absolute Gasteiger partial charge is 0.166 e. The number of likely N-dealkylation sites (N-methyl/N-ethyl adjacent to an activating group) is 1. The van der Waals surface area contributed by atoms with Crippen LogP contribution in [-0.2, 0) is 6.42 Å². The third kappa shape index (κ3) is 3.20. The summed E-state index contributed by atoms with van der Waals surface area (Å²) in [4.78, 5) is 12.6. The van der Waals surface area contributed by atoms with Gasteiger partial charge in [0, 0.05) is 11.5 Å². The lowest BCUT2D eigenvalue weighted by molar-refractivity contribution is 0.0888. The predicted molar refractivity (Wildman–Crippen MR) is 75.0 cm³/mol. The second-order valence-electron chi connectivity index (χ2n) is 5.21. The van der Waals surface area contributed by atoms with Gasteiger partial charge in [-0.25, -0.2) is 0 Å². The van der Waals surface area contributed by atoms with Gasteiger partial charge in [0.1, 0.15) is 0 Å². The van der Waals surface area contributed by atoms with Gasteiger partial charge in [-0.15, -0.1) is 0 Å². The Morgan fingerprint density at radius 2 is 1.94 bits per heavy atom. The Hall–Kier alpha value is -1.15. The van der Waals surface area contributed by atoms with E-state index in [4.69, 9.17) is 0 Å². The molecule has 1 aromatic carbocycles. The monoisotopic (exact) mass is 245 g/mol.